The Balaban J connectivity index is 0. The molecule has 0 atom stereocenters. The number of rotatable bonds is 9. The van der Waals surface area contributed by atoms with Gasteiger partial charge in [0.15, 0.2) is 0 Å². The number of ether oxygens (including phenoxy) is 1. The van der Waals surface area contributed by atoms with Crippen LogP contribution in [-0.4, -0.2) is 23.7 Å². The Bertz CT molecular complexity index is 293. The summed E-state index contributed by atoms with van der Waals surface area (Å²) in [7, 11) is 0. The predicted octanol–water partition coefficient (Wildman–Crippen LogP) is 4.11. The van der Waals surface area contributed by atoms with Gasteiger partial charge in [-0.2, -0.15) is 0 Å². The summed E-state index contributed by atoms with van der Waals surface area (Å²) < 4.78 is 4.70. The number of aliphatic carboxylic acids is 1. The Morgan fingerprint density at radius 2 is 1.70 bits per heavy atom. The van der Waals surface area contributed by atoms with E-state index in [1.807, 2.05) is 12.2 Å². The molecule has 0 aromatic rings. The number of unbranched alkanes of at least 4 members (excludes halogenated alkanes) is 2. The fourth-order valence-electron chi connectivity index (χ4n) is 1.18. The highest BCUT2D eigenvalue weighted by Crippen LogP contribution is 1.95. The van der Waals surface area contributed by atoms with Crippen molar-refractivity contribution in [3.63, 3.8) is 0 Å². The summed E-state index contributed by atoms with van der Waals surface area (Å²) in [5, 5.41) is 8.22. The minimum absolute atomic E-state index is 0.156. The zero-order chi connectivity index (χ0) is 15.6. The van der Waals surface area contributed by atoms with Gasteiger partial charge in [-0.3, -0.25) is 9.59 Å². The SMILES string of the molecule is CCC=CCCOC(C)=O.CCCCC=CCC(=O)O. The van der Waals surface area contributed by atoms with Crippen molar-refractivity contribution in [1.82, 2.24) is 0 Å². The highest BCUT2D eigenvalue weighted by Gasteiger charge is 1.88. The largest absolute Gasteiger partial charge is 0.481 e. The summed E-state index contributed by atoms with van der Waals surface area (Å²) in [6.07, 6.45) is 13.1. The molecule has 0 bridgehead atoms. The van der Waals surface area contributed by atoms with E-state index < -0.39 is 5.97 Å². The normalized spacial score (nSPS) is 10.3. The minimum atomic E-state index is -0.757. The monoisotopic (exact) mass is 284 g/mol. The second-order valence-electron chi connectivity index (χ2n) is 4.22. The number of allylic oxidation sites excluding steroid dienone is 2. The first-order valence-corrected chi connectivity index (χ1v) is 7.19. The van der Waals surface area contributed by atoms with Crippen molar-refractivity contribution < 1.29 is 19.4 Å². The third kappa shape index (κ3) is 25.3. The van der Waals surface area contributed by atoms with Crippen LogP contribution in [0.25, 0.3) is 0 Å². The Morgan fingerprint density at radius 1 is 1.05 bits per heavy atom. The second kappa shape index (κ2) is 17.4. The maximum Gasteiger partial charge on any atom is 0.307 e. The van der Waals surface area contributed by atoms with Crippen LogP contribution in [0.3, 0.4) is 0 Å². The zero-order valence-electron chi connectivity index (χ0n) is 12.9. The van der Waals surface area contributed by atoms with E-state index in [4.69, 9.17) is 9.84 Å². The second-order valence-corrected chi connectivity index (χ2v) is 4.22. The van der Waals surface area contributed by atoms with Gasteiger partial charge in [-0.15, -0.1) is 0 Å². The maximum absolute atomic E-state index is 10.2. The van der Waals surface area contributed by atoms with Crippen LogP contribution >= 0.6 is 0 Å². The van der Waals surface area contributed by atoms with E-state index >= 15 is 0 Å². The summed E-state index contributed by atoms with van der Waals surface area (Å²) in [5.74, 6) is -0.961. The fraction of sp³-hybridized carbons (Fsp3) is 0.625. The van der Waals surface area contributed by atoms with Crippen molar-refractivity contribution in [1.29, 1.82) is 0 Å². The Kier molecular flexibility index (Phi) is 18.1. The number of carbonyl (C=O) groups is 2. The van der Waals surface area contributed by atoms with Crippen molar-refractivity contribution in [2.75, 3.05) is 6.61 Å². The third-order valence-electron chi connectivity index (χ3n) is 2.18. The lowest BCUT2D eigenvalue weighted by Crippen LogP contribution is -1.98. The molecule has 0 aromatic carbocycles. The van der Waals surface area contributed by atoms with Gasteiger partial charge in [0, 0.05) is 6.92 Å². The first-order chi connectivity index (χ1) is 9.54. The standard InChI is InChI=1S/2C8H14O2/c1-3-4-5-6-7-10-8(2)9;1-2-3-4-5-6-7-8(9)10/h4-5H,3,6-7H2,1-2H3;5-6H,2-4,7H2,1H3,(H,9,10). The number of hydrogen-bond acceptors (Lipinski definition) is 3. The summed E-state index contributed by atoms with van der Waals surface area (Å²) in [4.78, 5) is 20.2. The molecule has 0 aliphatic carbocycles. The molecule has 20 heavy (non-hydrogen) atoms. The molecule has 0 radical (unpaired) electrons. The van der Waals surface area contributed by atoms with Gasteiger partial charge in [0.2, 0.25) is 0 Å². The molecule has 0 saturated carbocycles. The van der Waals surface area contributed by atoms with Crippen LogP contribution < -0.4 is 0 Å². The Hall–Kier alpha value is -1.58. The van der Waals surface area contributed by atoms with E-state index in [-0.39, 0.29) is 12.4 Å². The molecular formula is C16H28O4. The first-order valence-electron chi connectivity index (χ1n) is 7.19. The number of esters is 1. The number of carboxylic acid groups (broad SMARTS) is 1. The molecule has 1 N–H and O–H groups in total. The van der Waals surface area contributed by atoms with E-state index in [0.717, 1.165) is 32.1 Å². The van der Waals surface area contributed by atoms with E-state index in [1.54, 1.807) is 6.08 Å². The number of carbonyl (C=O) groups excluding carboxylic acids is 1. The highest BCUT2D eigenvalue weighted by atomic mass is 16.5. The van der Waals surface area contributed by atoms with Crippen LogP contribution in [-0.2, 0) is 14.3 Å². The predicted molar refractivity (Wildman–Crippen MR) is 81.6 cm³/mol. The first kappa shape index (κ1) is 20.7. The van der Waals surface area contributed by atoms with Gasteiger partial charge in [-0.1, -0.05) is 51.0 Å². The number of hydrogen-bond donors (Lipinski definition) is 1. The average molecular weight is 284 g/mol. The number of carboxylic acids is 1. The van der Waals surface area contributed by atoms with Crippen LogP contribution in [0.5, 0.6) is 0 Å². The smallest absolute Gasteiger partial charge is 0.307 e. The summed E-state index contributed by atoms with van der Waals surface area (Å²) in [5.41, 5.74) is 0. The lowest BCUT2D eigenvalue weighted by molar-refractivity contribution is -0.140. The summed E-state index contributed by atoms with van der Waals surface area (Å²) in [6, 6.07) is 0. The van der Waals surface area contributed by atoms with Crippen LogP contribution in [0.15, 0.2) is 24.3 Å². The molecule has 0 saturated heterocycles. The van der Waals surface area contributed by atoms with Gasteiger partial charge >= 0.3 is 11.9 Å². The lowest BCUT2D eigenvalue weighted by atomic mass is 10.2. The van der Waals surface area contributed by atoms with Crippen LogP contribution in [0, 0.1) is 0 Å². The van der Waals surface area contributed by atoms with Gasteiger partial charge in [0.25, 0.3) is 0 Å². The molecule has 0 amide bonds. The van der Waals surface area contributed by atoms with E-state index in [9.17, 15) is 9.59 Å². The van der Waals surface area contributed by atoms with Crippen LogP contribution in [0.1, 0.15) is 59.3 Å². The van der Waals surface area contributed by atoms with Crippen LogP contribution in [0.4, 0.5) is 0 Å². The van der Waals surface area contributed by atoms with Gasteiger partial charge in [-0.25, -0.2) is 0 Å². The van der Waals surface area contributed by atoms with E-state index in [2.05, 4.69) is 19.9 Å². The zero-order valence-corrected chi connectivity index (χ0v) is 12.9. The average Bonchev–Trinajstić information content (AvgIpc) is 2.38. The maximum atomic E-state index is 10.2. The van der Waals surface area contributed by atoms with Crippen molar-refractivity contribution >= 4 is 11.9 Å². The van der Waals surface area contributed by atoms with Gasteiger partial charge in [0.05, 0.1) is 13.0 Å². The summed E-state index contributed by atoms with van der Waals surface area (Å²) in [6.45, 7) is 6.11. The van der Waals surface area contributed by atoms with E-state index in [0.29, 0.717) is 6.61 Å². The van der Waals surface area contributed by atoms with Crippen LogP contribution in [0.2, 0.25) is 0 Å². The molecule has 0 aliphatic rings. The molecule has 0 unspecified atom stereocenters. The molecular weight excluding hydrogens is 256 g/mol. The van der Waals surface area contributed by atoms with Crippen molar-refractivity contribution in [3.8, 4) is 0 Å². The van der Waals surface area contributed by atoms with Crippen molar-refractivity contribution in [2.45, 2.75) is 59.3 Å². The Morgan fingerprint density at radius 3 is 2.20 bits per heavy atom. The van der Waals surface area contributed by atoms with Crippen molar-refractivity contribution in [2.24, 2.45) is 0 Å². The molecule has 4 heteroatoms. The van der Waals surface area contributed by atoms with Gasteiger partial charge in [0.1, 0.15) is 0 Å². The molecule has 0 rings (SSSR count). The van der Waals surface area contributed by atoms with E-state index in [1.165, 1.54) is 6.92 Å². The Labute approximate surface area is 122 Å². The lowest BCUT2D eigenvalue weighted by Gasteiger charge is -1.95. The van der Waals surface area contributed by atoms with Gasteiger partial charge < -0.3 is 9.84 Å². The molecule has 4 nitrogen and oxygen atoms in total. The molecule has 0 fully saturated rings. The fourth-order valence-corrected chi connectivity index (χ4v) is 1.18. The molecule has 0 heterocycles. The molecule has 0 aromatic heterocycles. The highest BCUT2D eigenvalue weighted by molar-refractivity contribution is 5.68. The molecule has 0 aliphatic heterocycles. The van der Waals surface area contributed by atoms with Crippen molar-refractivity contribution in [3.05, 3.63) is 24.3 Å². The minimum Gasteiger partial charge on any atom is -0.481 e. The quantitative estimate of drug-likeness (QED) is 0.393. The third-order valence-corrected chi connectivity index (χ3v) is 2.18. The molecule has 116 valence electrons. The summed E-state index contributed by atoms with van der Waals surface area (Å²) >= 11 is 0. The molecule has 0 spiro atoms. The topological polar surface area (TPSA) is 63.6 Å². The van der Waals surface area contributed by atoms with Gasteiger partial charge in [-0.05, 0) is 19.3 Å².